The number of ether oxygens (including phenoxy) is 1. The fraction of sp³-hybridized carbons (Fsp3) is 0.176. The summed E-state index contributed by atoms with van der Waals surface area (Å²) in [5.41, 5.74) is 1.34. The third kappa shape index (κ3) is 5.32. The minimum Gasteiger partial charge on any atom is -0.462 e. The van der Waals surface area contributed by atoms with Crippen LogP contribution in [0.2, 0.25) is 0 Å². The number of nitrogens with one attached hydrogen (secondary N) is 2. The van der Waals surface area contributed by atoms with E-state index in [0.717, 1.165) is 6.26 Å². The molecule has 0 saturated carbocycles. The van der Waals surface area contributed by atoms with Crippen molar-refractivity contribution in [3.8, 4) is 0 Å². The van der Waals surface area contributed by atoms with Gasteiger partial charge in [-0.15, -0.1) is 0 Å². The Morgan fingerprint density at radius 1 is 0.920 bits per heavy atom. The van der Waals surface area contributed by atoms with E-state index >= 15 is 0 Å². The van der Waals surface area contributed by atoms with Gasteiger partial charge in [0.15, 0.2) is 9.84 Å². The Kier molecular flexibility index (Phi) is 5.76. The molecule has 0 saturated heterocycles. The lowest BCUT2D eigenvalue weighted by molar-refractivity contribution is 0.0526. The van der Waals surface area contributed by atoms with Gasteiger partial charge in [-0.3, -0.25) is 0 Å². The van der Waals surface area contributed by atoms with Crippen LogP contribution in [0.4, 0.5) is 16.2 Å². The SMILES string of the molecule is CCOC(=O)c1ccc(NC(=O)Nc2ccc(S(C)(=O)=O)cc2)cc1. The van der Waals surface area contributed by atoms with Crippen LogP contribution < -0.4 is 10.6 Å². The zero-order chi connectivity index (χ0) is 18.4. The van der Waals surface area contributed by atoms with Crippen LogP contribution >= 0.6 is 0 Å². The molecule has 2 aromatic rings. The van der Waals surface area contributed by atoms with Gasteiger partial charge in [0.05, 0.1) is 17.1 Å². The van der Waals surface area contributed by atoms with Gasteiger partial charge in [0, 0.05) is 17.6 Å². The molecule has 0 heterocycles. The molecule has 2 aromatic carbocycles. The van der Waals surface area contributed by atoms with E-state index in [1.165, 1.54) is 24.3 Å². The molecule has 0 bridgehead atoms. The first-order valence-corrected chi connectivity index (χ1v) is 9.34. The Balaban J connectivity index is 1.97. The highest BCUT2D eigenvalue weighted by atomic mass is 32.2. The van der Waals surface area contributed by atoms with Crippen LogP contribution in [0.5, 0.6) is 0 Å². The first kappa shape index (κ1) is 18.5. The Hall–Kier alpha value is -2.87. The monoisotopic (exact) mass is 362 g/mol. The van der Waals surface area contributed by atoms with Gasteiger partial charge >= 0.3 is 12.0 Å². The number of anilines is 2. The van der Waals surface area contributed by atoms with Crippen molar-refractivity contribution in [1.82, 2.24) is 0 Å². The zero-order valence-corrected chi connectivity index (χ0v) is 14.6. The van der Waals surface area contributed by atoms with E-state index < -0.39 is 21.8 Å². The average Bonchev–Trinajstić information content (AvgIpc) is 2.55. The molecule has 0 aliphatic heterocycles. The number of carbonyl (C=O) groups is 2. The molecule has 0 radical (unpaired) electrons. The van der Waals surface area contributed by atoms with E-state index in [4.69, 9.17) is 4.74 Å². The number of rotatable bonds is 5. The molecule has 25 heavy (non-hydrogen) atoms. The molecule has 0 spiro atoms. The number of sulfone groups is 1. The summed E-state index contributed by atoms with van der Waals surface area (Å²) in [4.78, 5) is 23.7. The minimum atomic E-state index is -3.28. The van der Waals surface area contributed by atoms with Crippen molar-refractivity contribution < 1.29 is 22.7 Å². The predicted octanol–water partition coefficient (Wildman–Crippen LogP) is 2.91. The van der Waals surface area contributed by atoms with E-state index in [0.29, 0.717) is 23.5 Å². The number of hydrogen-bond donors (Lipinski definition) is 2. The molecule has 0 fully saturated rings. The molecule has 0 unspecified atom stereocenters. The highest BCUT2D eigenvalue weighted by molar-refractivity contribution is 7.90. The predicted molar refractivity (Wildman–Crippen MR) is 94.6 cm³/mol. The van der Waals surface area contributed by atoms with Gasteiger partial charge in [0.2, 0.25) is 0 Å². The first-order chi connectivity index (χ1) is 11.8. The molecule has 0 aliphatic rings. The Labute approximate surface area is 145 Å². The average molecular weight is 362 g/mol. The van der Waals surface area contributed by atoms with E-state index in [1.807, 2.05) is 0 Å². The number of urea groups is 1. The molecule has 0 aliphatic carbocycles. The molecule has 2 rings (SSSR count). The van der Waals surface area contributed by atoms with E-state index in [2.05, 4.69) is 10.6 Å². The van der Waals surface area contributed by atoms with Crippen molar-refractivity contribution in [1.29, 1.82) is 0 Å². The number of carbonyl (C=O) groups excluding carboxylic acids is 2. The summed E-state index contributed by atoms with van der Waals surface area (Å²) in [6.45, 7) is 2.01. The fourth-order valence-corrected chi connectivity index (χ4v) is 2.61. The summed E-state index contributed by atoms with van der Waals surface area (Å²) in [6.07, 6.45) is 1.11. The first-order valence-electron chi connectivity index (χ1n) is 7.45. The molecule has 8 heteroatoms. The minimum absolute atomic E-state index is 0.174. The van der Waals surface area contributed by atoms with Gasteiger partial charge in [0.1, 0.15) is 0 Å². The van der Waals surface area contributed by atoms with Crippen LogP contribution in [-0.4, -0.2) is 33.3 Å². The maximum absolute atomic E-state index is 12.0. The number of hydrogen-bond acceptors (Lipinski definition) is 5. The standard InChI is InChI=1S/C17H18N2O5S/c1-3-24-16(20)12-4-6-13(7-5-12)18-17(21)19-14-8-10-15(11-9-14)25(2,22)23/h4-11H,3H2,1-2H3,(H2,18,19,21). The second-order valence-electron chi connectivity index (χ2n) is 5.17. The Morgan fingerprint density at radius 3 is 1.84 bits per heavy atom. The Morgan fingerprint density at radius 2 is 1.40 bits per heavy atom. The lowest BCUT2D eigenvalue weighted by Gasteiger charge is -2.09. The van der Waals surface area contributed by atoms with Crippen LogP contribution in [0.15, 0.2) is 53.4 Å². The van der Waals surface area contributed by atoms with Crippen molar-refractivity contribution in [2.45, 2.75) is 11.8 Å². The van der Waals surface area contributed by atoms with Crippen LogP contribution in [-0.2, 0) is 14.6 Å². The summed E-state index contributed by atoms with van der Waals surface area (Å²) < 4.78 is 27.7. The molecule has 2 amide bonds. The van der Waals surface area contributed by atoms with E-state index in [9.17, 15) is 18.0 Å². The van der Waals surface area contributed by atoms with Crippen molar-refractivity contribution in [3.63, 3.8) is 0 Å². The summed E-state index contributed by atoms with van der Waals surface area (Å²) in [5, 5.41) is 5.20. The second kappa shape index (κ2) is 7.80. The number of amides is 2. The van der Waals surface area contributed by atoms with Crippen LogP contribution in [0.3, 0.4) is 0 Å². The third-order valence-corrected chi connectivity index (χ3v) is 4.32. The quantitative estimate of drug-likeness (QED) is 0.796. The highest BCUT2D eigenvalue weighted by Gasteiger charge is 2.09. The van der Waals surface area contributed by atoms with Crippen molar-refractivity contribution in [2.24, 2.45) is 0 Å². The van der Waals surface area contributed by atoms with Gasteiger partial charge in [-0.1, -0.05) is 0 Å². The second-order valence-corrected chi connectivity index (χ2v) is 7.19. The summed E-state index contributed by atoms with van der Waals surface area (Å²) in [6, 6.07) is 11.6. The van der Waals surface area contributed by atoms with E-state index in [-0.39, 0.29) is 4.90 Å². The zero-order valence-electron chi connectivity index (χ0n) is 13.8. The molecule has 0 atom stereocenters. The lowest BCUT2D eigenvalue weighted by atomic mass is 10.2. The third-order valence-electron chi connectivity index (χ3n) is 3.19. The molecular formula is C17H18N2O5S. The maximum atomic E-state index is 12.0. The fourth-order valence-electron chi connectivity index (χ4n) is 1.98. The van der Waals surface area contributed by atoms with Crippen molar-refractivity contribution >= 4 is 33.2 Å². The Bertz CT molecular complexity index is 859. The highest BCUT2D eigenvalue weighted by Crippen LogP contribution is 2.15. The smallest absolute Gasteiger partial charge is 0.338 e. The number of benzene rings is 2. The maximum Gasteiger partial charge on any atom is 0.338 e. The lowest BCUT2D eigenvalue weighted by Crippen LogP contribution is -2.19. The summed E-state index contributed by atoms with van der Waals surface area (Å²) in [5.74, 6) is -0.426. The van der Waals surface area contributed by atoms with Gasteiger partial charge in [-0.05, 0) is 55.5 Å². The van der Waals surface area contributed by atoms with Crippen LogP contribution in [0.1, 0.15) is 17.3 Å². The van der Waals surface area contributed by atoms with Gasteiger partial charge in [0.25, 0.3) is 0 Å². The number of esters is 1. The largest absolute Gasteiger partial charge is 0.462 e. The summed E-state index contributed by atoms with van der Waals surface area (Å²) in [7, 11) is -3.28. The van der Waals surface area contributed by atoms with Crippen LogP contribution in [0.25, 0.3) is 0 Å². The summed E-state index contributed by atoms with van der Waals surface area (Å²) >= 11 is 0. The molecule has 7 nitrogen and oxygen atoms in total. The van der Waals surface area contributed by atoms with E-state index in [1.54, 1.807) is 31.2 Å². The molecule has 2 N–H and O–H groups in total. The molecule has 0 aromatic heterocycles. The van der Waals surface area contributed by atoms with Gasteiger partial charge in [-0.25, -0.2) is 18.0 Å². The molecular weight excluding hydrogens is 344 g/mol. The van der Waals surface area contributed by atoms with Gasteiger partial charge in [-0.2, -0.15) is 0 Å². The van der Waals surface area contributed by atoms with Gasteiger partial charge < -0.3 is 15.4 Å². The topological polar surface area (TPSA) is 102 Å². The normalized spacial score (nSPS) is 10.8. The molecule has 132 valence electrons. The van der Waals surface area contributed by atoms with Crippen molar-refractivity contribution in [3.05, 3.63) is 54.1 Å². The van der Waals surface area contributed by atoms with Crippen LogP contribution in [0, 0.1) is 0 Å². The van der Waals surface area contributed by atoms with Crippen molar-refractivity contribution in [2.75, 3.05) is 23.5 Å².